The molecule has 2 aromatic heterocycles. The summed E-state index contributed by atoms with van der Waals surface area (Å²) in [5.74, 6) is 0.490. The fourth-order valence-corrected chi connectivity index (χ4v) is 3.55. The Kier molecular flexibility index (Phi) is 5.23. The zero-order valence-electron chi connectivity index (χ0n) is 13.1. The van der Waals surface area contributed by atoms with Crippen molar-refractivity contribution in [3.63, 3.8) is 0 Å². The molecular formula is C18H17ClN2O2S. The fraction of sp³-hybridized carbons (Fsp3) is 0.167. The summed E-state index contributed by atoms with van der Waals surface area (Å²) in [5, 5.41) is 5.46. The van der Waals surface area contributed by atoms with E-state index < -0.39 is 0 Å². The van der Waals surface area contributed by atoms with Crippen LogP contribution in [-0.2, 0) is 4.79 Å². The number of carbonyl (C=O) groups excluding carboxylic acids is 1. The van der Waals surface area contributed by atoms with E-state index in [4.69, 9.17) is 16.3 Å². The molecule has 1 unspecified atom stereocenters. The van der Waals surface area contributed by atoms with E-state index in [9.17, 15) is 4.79 Å². The van der Waals surface area contributed by atoms with Crippen LogP contribution in [0.1, 0.15) is 17.3 Å². The lowest BCUT2D eigenvalue weighted by Gasteiger charge is -2.18. The van der Waals surface area contributed by atoms with Gasteiger partial charge in [-0.2, -0.15) is 0 Å². The van der Waals surface area contributed by atoms with Crippen molar-refractivity contribution in [2.75, 3.05) is 12.4 Å². The lowest BCUT2D eigenvalue weighted by Crippen LogP contribution is -2.19. The number of thiophene rings is 1. The fourth-order valence-electron chi connectivity index (χ4n) is 2.54. The molecule has 2 heterocycles. The second kappa shape index (κ2) is 7.55. The van der Waals surface area contributed by atoms with Gasteiger partial charge >= 0.3 is 0 Å². The SMILES string of the molecule is COc1ccc(Cl)cc1NC(=O)CC(c1cccs1)n1cccc1. The minimum atomic E-state index is -0.0948. The number of carbonyl (C=O) groups is 1. The molecule has 0 aliphatic carbocycles. The van der Waals surface area contributed by atoms with E-state index in [1.165, 1.54) is 0 Å². The standard InChI is InChI=1S/C18H17ClN2O2S/c1-23-16-7-6-13(19)11-14(16)20-18(22)12-15(17-5-4-10-24-17)21-8-2-3-9-21/h2-11,15H,12H2,1H3,(H,20,22). The number of hydrogen-bond acceptors (Lipinski definition) is 3. The summed E-state index contributed by atoms with van der Waals surface area (Å²) in [4.78, 5) is 13.7. The molecule has 3 aromatic rings. The van der Waals surface area contributed by atoms with Gasteiger partial charge < -0.3 is 14.6 Å². The monoisotopic (exact) mass is 360 g/mol. The van der Waals surface area contributed by atoms with E-state index in [1.807, 2.05) is 46.6 Å². The Labute approximate surface area is 149 Å². The minimum absolute atomic E-state index is 0.0369. The Morgan fingerprint density at radius 3 is 2.75 bits per heavy atom. The van der Waals surface area contributed by atoms with Crippen LogP contribution in [0, 0.1) is 0 Å². The van der Waals surface area contributed by atoms with Crippen molar-refractivity contribution in [1.29, 1.82) is 0 Å². The quantitative estimate of drug-likeness (QED) is 0.684. The topological polar surface area (TPSA) is 43.3 Å². The number of aromatic nitrogens is 1. The van der Waals surface area contributed by atoms with E-state index in [0.29, 0.717) is 22.9 Å². The summed E-state index contributed by atoms with van der Waals surface area (Å²) >= 11 is 7.66. The number of nitrogens with zero attached hydrogens (tertiary/aromatic N) is 1. The number of amides is 1. The van der Waals surface area contributed by atoms with Gasteiger partial charge in [-0.3, -0.25) is 4.79 Å². The number of ether oxygens (including phenoxy) is 1. The molecule has 4 nitrogen and oxygen atoms in total. The van der Waals surface area contributed by atoms with Crippen LogP contribution in [0.3, 0.4) is 0 Å². The molecule has 1 aromatic carbocycles. The van der Waals surface area contributed by atoms with Gasteiger partial charge in [0.05, 0.1) is 25.3 Å². The van der Waals surface area contributed by atoms with Crippen molar-refractivity contribution < 1.29 is 9.53 Å². The van der Waals surface area contributed by atoms with Crippen molar-refractivity contribution in [3.8, 4) is 5.75 Å². The number of rotatable bonds is 6. The highest BCUT2D eigenvalue weighted by Gasteiger charge is 2.19. The van der Waals surface area contributed by atoms with Gasteiger partial charge in [-0.05, 0) is 41.8 Å². The van der Waals surface area contributed by atoms with Crippen LogP contribution in [0.5, 0.6) is 5.75 Å². The molecule has 0 bridgehead atoms. The molecule has 6 heteroatoms. The smallest absolute Gasteiger partial charge is 0.226 e. The molecule has 0 spiro atoms. The molecule has 0 aliphatic rings. The summed E-state index contributed by atoms with van der Waals surface area (Å²) in [6.45, 7) is 0. The number of hydrogen-bond donors (Lipinski definition) is 1. The van der Waals surface area contributed by atoms with Gasteiger partial charge in [-0.25, -0.2) is 0 Å². The molecule has 0 fully saturated rings. The maximum atomic E-state index is 12.6. The summed E-state index contributed by atoms with van der Waals surface area (Å²) in [6, 6.07) is 13.1. The first-order valence-electron chi connectivity index (χ1n) is 7.46. The summed E-state index contributed by atoms with van der Waals surface area (Å²) < 4.78 is 7.32. The van der Waals surface area contributed by atoms with Crippen molar-refractivity contribution in [2.45, 2.75) is 12.5 Å². The molecule has 1 N–H and O–H groups in total. The van der Waals surface area contributed by atoms with E-state index in [-0.39, 0.29) is 11.9 Å². The highest BCUT2D eigenvalue weighted by atomic mass is 35.5. The molecule has 0 radical (unpaired) electrons. The van der Waals surface area contributed by atoms with Crippen LogP contribution in [0.15, 0.2) is 60.2 Å². The van der Waals surface area contributed by atoms with Gasteiger partial charge in [0.25, 0.3) is 0 Å². The van der Waals surface area contributed by atoms with Crippen molar-refractivity contribution in [2.24, 2.45) is 0 Å². The van der Waals surface area contributed by atoms with Gasteiger partial charge in [0.2, 0.25) is 5.91 Å². The number of halogens is 1. The Hall–Kier alpha value is -2.24. The van der Waals surface area contributed by atoms with Gasteiger partial charge in [0.15, 0.2) is 0 Å². The van der Waals surface area contributed by atoms with Crippen molar-refractivity contribution in [1.82, 2.24) is 4.57 Å². The molecule has 1 amide bonds. The third-order valence-corrected chi connectivity index (χ3v) is 4.88. The first-order valence-corrected chi connectivity index (χ1v) is 8.72. The predicted molar refractivity (Wildman–Crippen MR) is 98.1 cm³/mol. The van der Waals surface area contributed by atoms with Crippen LogP contribution < -0.4 is 10.1 Å². The zero-order chi connectivity index (χ0) is 16.9. The average molecular weight is 361 g/mol. The third kappa shape index (κ3) is 3.80. The van der Waals surface area contributed by atoms with Crippen LogP contribution >= 0.6 is 22.9 Å². The summed E-state index contributed by atoms with van der Waals surface area (Å²) in [5.41, 5.74) is 0.576. The summed E-state index contributed by atoms with van der Waals surface area (Å²) in [6.07, 6.45) is 4.26. The largest absolute Gasteiger partial charge is 0.495 e. The van der Waals surface area contributed by atoms with Crippen LogP contribution in [0.25, 0.3) is 0 Å². The second-order valence-electron chi connectivity index (χ2n) is 5.26. The third-order valence-electron chi connectivity index (χ3n) is 3.67. The Balaban J connectivity index is 1.79. The molecule has 3 rings (SSSR count). The molecule has 1 atom stereocenters. The van der Waals surface area contributed by atoms with Crippen molar-refractivity contribution >= 4 is 34.5 Å². The van der Waals surface area contributed by atoms with Gasteiger partial charge in [0, 0.05) is 22.3 Å². The Morgan fingerprint density at radius 2 is 2.08 bits per heavy atom. The van der Waals surface area contributed by atoms with Gasteiger partial charge in [0.1, 0.15) is 5.75 Å². The van der Waals surface area contributed by atoms with Crippen LogP contribution in [0.4, 0.5) is 5.69 Å². The van der Waals surface area contributed by atoms with Crippen LogP contribution in [-0.4, -0.2) is 17.6 Å². The Morgan fingerprint density at radius 1 is 1.29 bits per heavy atom. The maximum absolute atomic E-state index is 12.6. The highest BCUT2D eigenvalue weighted by Crippen LogP contribution is 2.30. The Bertz CT molecular complexity index is 766. The lowest BCUT2D eigenvalue weighted by atomic mass is 10.1. The van der Waals surface area contributed by atoms with Crippen LogP contribution in [0.2, 0.25) is 5.02 Å². The van der Waals surface area contributed by atoms with E-state index >= 15 is 0 Å². The van der Waals surface area contributed by atoms with E-state index in [1.54, 1.807) is 36.6 Å². The molecule has 0 aliphatic heterocycles. The van der Waals surface area contributed by atoms with E-state index in [0.717, 1.165) is 4.88 Å². The first kappa shape index (κ1) is 16.6. The number of anilines is 1. The van der Waals surface area contributed by atoms with Gasteiger partial charge in [-0.15, -0.1) is 11.3 Å². The normalized spacial score (nSPS) is 11.9. The summed E-state index contributed by atoms with van der Waals surface area (Å²) in [7, 11) is 1.56. The van der Waals surface area contributed by atoms with Gasteiger partial charge in [-0.1, -0.05) is 17.7 Å². The molecule has 24 heavy (non-hydrogen) atoms. The molecule has 0 saturated carbocycles. The highest BCUT2D eigenvalue weighted by molar-refractivity contribution is 7.10. The molecule has 124 valence electrons. The maximum Gasteiger partial charge on any atom is 0.226 e. The number of benzene rings is 1. The molecule has 0 saturated heterocycles. The van der Waals surface area contributed by atoms with E-state index in [2.05, 4.69) is 5.32 Å². The second-order valence-corrected chi connectivity index (χ2v) is 6.67. The first-order chi connectivity index (χ1) is 11.7. The predicted octanol–water partition coefficient (Wildman–Crippen LogP) is 4.83. The number of methoxy groups -OCH3 is 1. The number of nitrogens with one attached hydrogen (secondary N) is 1. The minimum Gasteiger partial charge on any atom is -0.495 e. The lowest BCUT2D eigenvalue weighted by molar-refractivity contribution is -0.116. The van der Waals surface area contributed by atoms with Crippen molar-refractivity contribution in [3.05, 3.63) is 70.1 Å². The molecular weight excluding hydrogens is 344 g/mol. The average Bonchev–Trinajstić information content (AvgIpc) is 3.27. The zero-order valence-corrected chi connectivity index (χ0v) is 14.7.